The lowest BCUT2D eigenvalue weighted by Gasteiger charge is -2.36. The molecule has 18 rings (SSSR count). The molecule has 0 N–H and O–H groups in total. The van der Waals surface area contributed by atoms with Gasteiger partial charge in [0.15, 0.2) is 11.2 Å². The van der Waals surface area contributed by atoms with E-state index in [0.29, 0.717) is 0 Å². The second-order valence-corrected chi connectivity index (χ2v) is 23.4. The summed E-state index contributed by atoms with van der Waals surface area (Å²) in [7, 11) is 0. The molecule has 1 aliphatic carbocycles. The standard InChI is InChI=1S/C85H54N2O2/c1-7-27-55(28-8-1)71-51-57-31-19-21-41-64(57)79-69-45-25-47-75(81(69)88-83(71)79)86(61-37-15-5-16-38-61)63-49-50-68-73(53-63)85(59-33-11-3-12-34-59,60-35-13-4-14-36-60)74-54-77(66-43-23-24-44-67(66)78(68)74)87(62-39-17-6-18-40-62)76-48-26-46-70-80-65-42-22-20-32-58(65)52-72(84(80)89-82(70)76)56-29-9-2-10-30-56/h1-54H. The lowest BCUT2D eigenvalue weighted by Crippen LogP contribution is -2.29. The van der Waals surface area contributed by atoms with E-state index >= 15 is 0 Å². The molecular formula is C85H54N2O2. The van der Waals surface area contributed by atoms with E-state index in [9.17, 15) is 0 Å². The molecule has 17 aromatic rings. The molecule has 0 unspecified atom stereocenters. The van der Waals surface area contributed by atoms with E-state index in [1.807, 2.05) is 0 Å². The Morgan fingerprint density at radius 2 is 0.663 bits per heavy atom. The summed E-state index contributed by atoms with van der Waals surface area (Å²) in [4.78, 5) is 4.85. The third-order valence-corrected chi connectivity index (χ3v) is 18.6. The third kappa shape index (κ3) is 7.67. The Morgan fingerprint density at radius 3 is 1.18 bits per heavy atom. The van der Waals surface area contributed by atoms with Gasteiger partial charge in [-0.25, -0.2) is 0 Å². The van der Waals surface area contributed by atoms with Crippen LogP contribution in [0.3, 0.4) is 0 Å². The Labute approximate surface area is 514 Å². The molecule has 416 valence electrons. The van der Waals surface area contributed by atoms with Crippen LogP contribution in [0.4, 0.5) is 34.1 Å². The first-order valence-corrected chi connectivity index (χ1v) is 30.6. The van der Waals surface area contributed by atoms with Crippen LogP contribution in [0.25, 0.3) is 110 Å². The summed E-state index contributed by atoms with van der Waals surface area (Å²) in [5.41, 5.74) is 20.0. The van der Waals surface area contributed by atoms with Crippen LogP contribution in [0.1, 0.15) is 22.3 Å². The zero-order valence-electron chi connectivity index (χ0n) is 48.4. The molecule has 0 radical (unpaired) electrons. The Morgan fingerprint density at radius 1 is 0.247 bits per heavy atom. The first-order chi connectivity index (χ1) is 44.2. The smallest absolute Gasteiger partial charge is 0.159 e. The summed E-state index contributed by atoms with van der Waals surface area (Å²) in [5.74, 6) is 0. The second-order valence-electron chi connectivity index (χ2n) is 23.4. The second kappa shape index (κ2) is 20.2. The quantitative estimate of drug-likeness (QED) is 0.137. The van der Waals surface area contributed by atoms with Crippen molar-refractivity contribution in [3.8, 4) is 33.4 Å². The van der Waals surface area contributed by atoms with Crippen molar-refractivity contribution < 1.29 is 8.83 Å². The number of nitrogens with zero attached hydrogens (tertiary/aromatic N) is 2. The van der Waals surface area contributed by atoms with Gasteiger partial charge in [-0.2, -0.15) is 0 Å². The zero-order valence-corrected chi connectivity index (χ0v) is 48.4. The number of anilines is 6. The molecule has 0 fully saturated rings. The molecule has 15 aromatic carbocycles. The Balaban J connectivity index is 0.915. The van der Waals surface area contributed by atoms with Crippen LogP contribution < -0.4 is 9.80 Å². The summed E-state index contributed by atoms with van der Waals surface area (Å²) in [5, 5.41) is 11.3. The summed E-state index contributed by atoms with van der Waals surface area (Å²) in [6.07, 6.45) is 0. The van der Waals surface area contributed by atoms with Crippen molar-refractivity contribution in [3.05, 3.63) is 350 Å². The molecule has 2 heterocycles. The molecule has 0 amide bonds. The minimum Gasteiger partial charge on any atom is -0.453 e. The molecule has 0 bridgehead atoms. The largest absolute Gasteiger partial charge is 0.453 e. The van der Waals surface area contributed by atoms with Gasteiger partial charge in [0, 0.05) is 55.1 Å². The Kier molecular flexibility index (Phi) is 11.5. The average molecular weight is 1140 g/mol. The number of hydrogen-bond donors (Lipinski definition) is 0. The van der Waals surface area contributed by atoms with E-state index in [2.05, 4.69) is 337 Å². The van der Waals surface area contributed by atoms with Crippen LogP contribution in [-0.4, -0.2) is 0 Å². The zero-order chi connectivity index (χ0) is 58.6. The number of hydrogen-bond acceptors (Lipinski definition) is 4. The topological polar surface area (TPSA) is 32.8 Å². The predicted molar refractivity (Wildman–Crippen MR) is 371 cm³/mol. The molecule has 4 nitrogen and oxygen atoms in total. The third-order valence-electron chi connectivity index (χ3n) is 18.6. The fourth-order valence-corrected chi connectivity index (χ4v) is 14.9. The number of para-hydroxylation sites is 4. The van der Waals surface area contributed by atoms with Crippen molar-refractivity contribution in [2.24, 2.45) is 0 Å². The van der Waals surface area contributed by atoms with E-state index in [-0.39, 0.29) is 0 Å². The van der Waals surface area contributed by atoms with Crippen molar-refractivity contribution in [2.75, 3.05) is 9.80 Å². The van der Waals surface area contributed by atoms with Gasteiger partial charge >= 0.3 is 0 Å². The SMILES string of the molecule is c1ccc(-c2cc3ccccc3c3c2oc2c(N(c4ccccc4)c4ccc5c(c4)C(c4ccccc4)(c4ccccc4)c4cc(N(c6ccccc6)c6cccc7c6oc6c(-c8ccccc8)cc8ccccc8c67)c6ccccc6c4-5)cccc23)cc1. The summed E-state index contributed by atoms with van der Waals surface area (Å²) in [6, 6.07) is 119. The lowest BCUT2D eigenvalue weighted by molar-refractivity contribution is 0.670. The minimum atomic E-state index is -0.823. The highest BCUT2D eigenvalue weighted by Crippen LogP contribution is 2.61. The molecule has 0 spiro atoms. The van der Waals surface area contributed by atoms with Gasteiger partial charge in [0.1, 0.15) is 11.2 Å². The summed E-state index contributed by atoms with van der Waals surface area (Å²) in [6.45, 7) is 0. The highest BCUT2D eigenvalue weighted by atomic mass is 16.3. The van der Waals surface area contributed by atoms with Crippen LogP contribution in [0.15, 0.2) is 336 Å². The number of benzene rings is 15. The van der Waals surface area contributed by atoms with Crippen molar-refractivity contribution in [1.29, 1.82) is 0 Å². The molecule has 4 heteroatoms. The highest BCUT2D eigenvalue weighted by Gasteiger charge is 2.48. The molecule has 2 aromatic heterocycles. The maximum atomic E-state index is 7.48. The van der Waals surface area contributed by atoms with E-state index < -0.39 is 5.41 Å². The van der Waals surface area contributed by atoms with E-state index in [1.54, 1.807) is 0 Å². The lowest BCUT2D eigenvalue weighted by atomic mass is 9.67. The highest BCUT2D eigenvalue weighted by molar-refractivity contribution is 6.26. The van der Waals surface area contributed by atoms with Gasteiger partial charge in [-0.15, -0.1) is 0 Å². The minimum absolute atomic E-state index is 0.819. The van der Waals surface area contributed by atoms with Crippen molar-refractivity contribution >= 4 is 110 Å². The van der Waals surface area contributed by atoms with E-state index in [4.69, 9.17) is 8.83 Å². The number of rotatable bonds is 10. The monoisotopic (exact) mass is 1130 g/mol. The molecule has 0 atom stereocenters. The maximum absolute atomic E-state index is 7.48. The van der Waals surface area contributed by atoms with Gasteiger partial charge in [0.2, 0.25) is 0 Å². The van der Waals surface area contributed by atoms with Crippen molar-refractivity contribution in [2.45, 2.75) is 5.41 Å². The predicted octanol–water partition coefficient (Wildman–Crippen LogP) is 23.6. The van der Waals surface area contributed by atoms with E-state index in [0.717, 1.165) is 122 Å². The fraction of sp³-hybridized carbons (Fsp3) is 0.0118. The van der Waals surface area contributed by atoms with Gasteiger partial charge in [-0.05, 0) is 138 Å². The van der Waals surface area contributed by atoms with Crippen LogP contribution in [0.5, 0.6) is 0 Å². The normalized spacial score (nSPS) is 12.6. The maximum Gasteiger partial charge on any atom is 0.159 e. The van der Waals surface area contributed by atoms with Crippen molar-refractivity contribution in [3.63, 3.8) is 0 Å². The van der Waals surface area contributed by atoms with E-state index in [1.165, 1.54) is 44.2 Å². The summed E-state index contributed by atoms with van der Waals surface area (Å²) < 4.78 is 14.9. The van der Waals surface area contributed by atoms with Gasteiger partial charge in [0.05, 0.1) is 22.5 Å². The van der Waals surface area contributed by atoms with Gasteiger partial charge in [0.25, 0.3) is 0 Å². The number of furan rings is 2. The number of fused-ring (bicyclic) bond motifs is 15. The van der Waals surface area contributed by atoms with Crippen LogP contribution >= 0.6 is 0 Å². The van der Waals surface area contributed by atoms with Crippen molar-refractivity contribution in [1.82, 2.24) is 0 Å². The Hall–Kier alpha value is -11.7. The average Bonchev–Trinajstić information content (AvgIpc) is 1.72. The molecule has 0 aliphatic heterocycles. The molecule has 0 saturated heterocycles. The summed E-state index contributed by atoms with van der Waals surface area (Å²) >= 11 is 0. The first kappa shape index (κ1) is 50.6. The van der Waals surface area contributed by atoms with Crippen LogP contribution in [0, 0.1) is 0 Å². The van der Waals surface area contributed by atoms with Crippen LogP contribution in [-0.2, 0) is 5.41 Å². The van der Waals surface area contributed by atoms with Crippen LogP contribution in [0.2, 0.25) is 0 Å². The van der Waals surface area contributed by atoms with Gasteiger partial charge in [-0.3, -0.25) is 0 Å². The fourth-order valence-electron chi connectivity index (χ4n) is 14.9. The molecule has 1 aliphatic rings. The van der Waals surface area contributed by atoms with Gasteiger partial charge < -0.3 is 18.6 Å². The molecular weight excluding hydrogens is 1080 g/mol. The first-order valence-electron chi connectivity index (χ1n) is 30.6. The van der Waals surface area contributed by atoms with Gasteiger partial charge in [-0.1, -0.05) is 261 Å². The molecule has 89 heavy (non-hydrogen) atoms. The Bertz CT molecular complexity index is 5560. The molecule has 0 saturated carbocycles.